The van der Waals surface area contributed by atoms with Crippen molar-refractivity contribution in [1.82, 2.24) is 25.2 Å². The van der Waals surface area contributed by atoms with Gasteiger partial charge in [-0.15, -0.1) is 21.5 Å². The Morgan fingerprint density at radius 3 is 2.84 bits per heavy atom. The second kappa shape index (κ2) is 6.57. The van der Waals surface area contributed by atoms with E-state index in [1.54, 1.807) is 6.07 Å². The Hall–Kier alpha value is -2.85. The molecule has 0 radical (unpaired) electrons. The first-order chi connectivity index (χ1) is 12.2. The van der Waals surface area contributed by atoms with Crippen LogP contribution in [0.3, 0.4) is 0 Å². The Morgan fingerprint density at radius 2 is 2.04 bits per heavy atom. The van der Waals surface area contributed by atoms with Crippen molar-refractivity contribution in [3.8, 4) is 0 Å². The molecule has 0 N–H and O–H groups in total. The maximum absolute atomic E-state index is 10.8. The van der Waals surface area contributed by atoms with Crippen LogP contribution in [0.1, 0.15) is 5.56 Å². The maximum Gasteiger partial charge on any atom is 0.270 e. The third kappa shape index (κ3) is 3.49. The average Bonchev–Trinajstić information content (AvgIpc) is 3.21. The number of benzene rings is 2. The summed E-state index contributed by atoms with van der Waals surface area (Å²) in [6, 6.07) is 14.5. The van der Waals surface area contributed by atoms with Crippen LogP contribution in [-0.2, 0) is 6.54 Å². The highest BCUT2D eigenvalue weighted by Crippen LogP contribution is 2.34. The van der Waals surface area contributed by atoms with Gasteiger partial charge in [-0.05, 0) is 28.6 Å². The van der Waals surface area contributed by atoms with Crippen molar-refractivity contribution in [3.63, 3.8) is 0 Å². The van der Waals surface area contributed by atoms with Gasteiger partial charge in [0.1, 0.15) is 0 Å². The van der Waals surface area contributed by atoms with Crippen LogP contribution in [0.5, 0.6) is 0 Å². The Kier molecular flexibility index (Phi) is 4.12. The number of fused-ring (bicyclic) bond motifs is 1. The quantitative estimate of drug-likeness (QED) is 0.392. The number of thiazole rings is 1. The van der Waals surface area contributed by atoms with Crippen molar-refractivity contribution < 1.29 is 4.92 Å². The number of non-ortho nitro benzene ring substituents is 1. The Labute approximate surface area is 149 Å². The predicted molar refractivity (Wildman–Crippen MR) is 93.8 cm³/mol. The normalized spacial score (nSPS) is 11.0. The highest BCUT2D eigenvalue weighted by atomic mass is 32.2. The molecular formula is C15H10N6O2S2. The molecule has 4 rings (SSSR count). The highest BCUT2D eigenvalue weighted by molar-refractivity contribution is 8.01. The van der Waals surface area contributed by atoms with Gasteiger partial charge in [-0.3, -0.25) is 10.1 Å². The fraction of sp³-hybridized carbons (Fsp3) is 0.0667. The minimum Gasteiger partial charge on any atom is -0.258 e. The number of aromatic nitrogens is 5. The standard InChI is InChI=1S/C15H10N6O2S2/c22-21(23)11-6-7-12-13(8-11)24-15(16-12)25-14-17-19-20(18-14)9-10-4-2-1-3-5-10/h1-8H,9H2. The summed E-state index contributed by atoms with van der Waals surface area (Å²) in [5.74, 6) is 0. The zero-order valence-electron chi connectivity index (χ0n) is 12.6. The van der Waals surface area contributed by atoms with E-state index < -0.39 is 4.92 Å². The van der Waals surface area contributed by atoms with E-state index in [2.05, 4.69) is 20.4 Å². The molecule has 0 bridgehead atoms. The smallest absolute Gasteiger partial charge is 0.258 e. The molecule has 0 aliphatic rings. The molecule has 2 aromatic heterocycles. The van der Waals surface area contributed by atoms with Crippen molar-refractivity contribution in [1.29, 1.82) is 0 Å². The van der Waals surface area contributed by atoms with E-state index in [4.69, 9.17) is 0 Å². The Morgan fingerprint density at radius 1 is 1.20 bits per heavy atom. The number of hydrogen-bond donors (Lipinski definition) is 0. The molecule has 0 spiro atoms. The van der Waals surface area contributed by atoms with Crippen molar-refractivity contribution in [2.45, 2.75) is 16.0 Å². The first-order valence-electron chi connectivity index (χ1n) is 7.22. The number of nitro groups is 1. The van der Waals surface area contributed by atoms with Crippen LogP contribution in [0.15, 0.2) is 58.0 Å². The van der Waals surface area contributed by atoms with Gasteiger partial charge in [0.25, 0.3) is 5.69 Å². The third-order valence-electron chi connectivity index (χ3n) is 3.34. The summed E-state index contributed by atoms with van der Waals surface area (Å²) < 4.78 is 1.48. The summed E-state index contributed by atoms with van der Waals surface area (Å²) in [7, 11) is 0. The first-order valence-corrected chi connectivity index (χ1v) is 8.85. The second-order valence-electron chi connectivity index (χ2n) is 5.08. The Bertz CT molecular complexity index is 1050. The molecule has 8 nitrogen and oxygen atoms in total. The Balaban J connectivity index is 1.52. The number of rotatable bonds is 5. The van der Waals surface area contributed by atoms with E-state index in [0.29, 0.717) is 11.7 Å². The molecule has 0 saturated carbocycles. The lowest BCUT2D eigenvalue weighted by Gasteiger charge is -1.97. The monoisotopic (exact) mass is 370 g/mol. The minimum atomic E-state index is -0.414. The summed E-state index contributed by atoms with van der Waals surface area (Å²) in [6.45, 7) is 0.542. The van der Waals surface area contributed by atoms with Crippen molar-refractivity contribution in [3.05, 3.63) is 64.2 Å². The van der Waals surface area contributed by atoms with E-state index >= 15 is 0 Å². The van der Waals surface area contributed by atoms with Crippen LogP contribution in [0.4, 0.5) is 5.69 Å². The maximum atomic E-state index is 10.8. The number of nitro benzene ring substituents is 1. The van der Waals surface area contributed by atoms with Crippen LogP contribution in [0.2, 0.25) is 0 Å². The fourth-order valence-corrected chi connectivity index (χ4v) is 4.11. The SMILES string of the molecule is O=[N+]([O-])c1ccc2nc(Sc3nnn(Cc4ccccc4)n3)sc2c1. The van der Waals surface area contributed by atoms with Crippen molar-refractivity contribution in [2.24, 2.45) is 0 Å². The molecule has 10 heteroatoms. The molecule has 0 fully saturated rings. The van der Waals surface area contributed by atoms with Crippen LogP contribution in [-0.4, -0.2) is 30.1 Å². The molecule has 124 valence electrons. The molecule has 2 aromatic carbocycles. The molecular weight excluding hydrogens is 360 g/mol. The van der Waals surface area contributed by atoms with E-state index in [1.165, 1.54) is 40.0 Å². The van der Waals surface area contributed by atoms with Crippen LogP contribution < -0.4 is 0 Å². The minimum absolute atomic E-state index is 0.0552. The van der Waals surface area contributed by atoms with Crippen LogP contribution in [0, 0.1) is 10.1 Å². The molecule has 0 atom stereocenters. The van der Waals surface area contributed by atoms with Gasteiger partial charge in [-0.1, -0.05) is 30.3 Å². The molecule has 25 heavy (non-hydrogen) atoms. The largest absolute Gasteiger partial charge is 0.270 e. The number of nitrogens with zero attached hydrogens (tertiary/aromatic N) is 6. The summed E-state index contributed by atoms with van der Waals surface area (Å²) in [5.41, 5.74) is 1.86. The van der Waals surface area contributed by atoms with Gasteiger partial charge >= 0.3 is 0 Å². The summed E-state index contributed by atoms with van der Waals surface area (Å²) in [4.78, 5) is 16.4. The van der Waals surface area contributed by atoms with Crippen LogP contribution in [0.25, 0.3) is 10.2 Å². The fourth-order valence-electron chi connectivity index (χ4n) is 2.21. The van der Waals surface area contributed by atoms with Gasteiger partial charge in [-0.2, -0.15) is 4.80 Å². The summed E-state index contributed by atoms with van der Waals surface area (Å²) in [5, 5.41) is 23.7. The molecule has 2 heterocycles. The topological polar surface area (TPSA) is 99.6 Å². The van der Waals surface area contributed by atoms with Crippen molar-refractivity contribution in [2.75, 3.05) is 0 Å². The zero-order chi connectivity index (χ0) is 17.2. The van der Waals surface area contributed by atoms with E-state index in [1.807, 2.05) is 30.3 Å². The summed E-state index contributed by atoms with van der Waals surface area (Å²) >= 11 is 2.66. The lowest BCUT2D eigenvalue weighted by Crippen LogP contribution is -2.03. The zero-order valence-corrected chi connectivity index (χ0v) is 14.3. The lowest BCUT2D eigenvalue weighted by atomic mass is 10.2. The van der Waals surface area contributed by atoms with Crippen molar-refractivity contribution >= 4 is 39.0 Å². The molecule has 0 amide bonds. The molecule has 0 aliphatic carbocycles. The van der Waals surface area contributed by atoms with E-state index in [0.717, 1.165) is 20.1 Å². The second-order valence-corrected chi connectivity index (χ2v) is 7.32. The van der Waals surface area contributed by atoms with Gasteiger partial charge in [0.2, 0.25) is 5.16 Å². The number of hydrogen-bond acceptors (Lipinski definition) is 8. The molecule has 4 aromatic rings. The average molecular weight is 370 g/mol. The van der Waals surface area contributed by atoms with Crippen LogP contribution >= 0.6 is 23.1 Å². The lowest BCUT2D eigenvalue weighted by molar-refractivity contribution is -0.384. The molecule has 0 aliphatic heterocycles. The van der Waals surface area contributed by atoms with Gasteiger partial charge in [0.15, 0.2) is 4.34 Å². The first kappa shape index (κ1) is 15.7. The van der Waals surface area contributed by atoms with Gasteiger partial charge in [0.05, 0.1) is 21.7 Å². The molecule has 0 saturated heterocycles. The predicted octanol–water partition coefficient (Wildman–Crippen LogP) is 3.39. The van der Waals surface area contributed by atoms with Gasteiger partial charge in [-0.25, -0.2) is 4.98 Å². The van der Waals surface area contributed by atoms with Gasteiger partial charge in [0, 0.05) is 12.1 Å². The van der Waals surface area contributed by atoms with E-state index in [9.17, 15) is 10.1 Å². The van der Waals surface area contributed by atoms with Gasteiger partial charge < -0.3 is 0 Å². The van der Waals surface area contributed by atoms with E-state index in [-0.39, 0.29) is 5.69 Å². The highest BCUT2D eigenvalue weighted by Gasteiger charge is 2.13. The molecule has 0 unspecified atom stereocenters. The summed E-state index contributed by atoms with van der Waals surface area (Å²) in [6.07, 6.45) is 0. The number of tetrazole rings is 1. The third-order valence-corrected chi connectivity index (χ3v) is 5.27.